The predicted molar refractivity (Wildman–Crippen MR) is 119 cm³/mol. The Morgan fingerprint density at radius 3 is 2.25 bits per heavy atom. The number of aromatic nitrogens is 1. The fraction of sp³-hybridized carbons (Fsp3) is 0.400. The second kappa shape index (κ2) is 10.1. The average molecular weight is 380 g/mol. The molecule has 2 aromatic rings. The van der Waals surface area contributed by atoms with Crippen molar-refractivity contribution in [3.63, 3.8) is 0 Å². The zero-order chi connectivity index (χ0) is 20.7. The summed E-state index contributed by atoms with van der Waals surface area (Å²) >= 11 is 0. The number of benzene rings is 1. The highest BCUT2D eigenvalue weighted by atomic mass is 16.5. The highest BCUT2D eigenvalue weighted by molar-refractivity contribution is 5.79. The monoisotopic (exact) mass is 379 g/mol. The topological polar surface area (TPSA) is 42.2 Å². The lowest BCUT2D eigenvalue weighted by atomic mass is 10.0. The van der Waals surface area contributed by atoms with Crippen LogP contribution in [0.5, 0.6) is 0 Å². The molecule has 0 spiro atoms. The average Bonchev–Trinajstić information content (AvgIpc) is 2.66. The zero-order valence-corrected chi connectivity index (χ0v) is 17.9. The van der Waals surface area contributed by atoms with E-state index in [0.29, 0.717) is 28.6 Å². The Bertz CT molecular complexity index is 970. The molecule has 0 atom stereocenters. The minimum absolute atomic E-state index is 0.0115. The normalized spacial score (nSPS) is 12.5. The number of hydrogen-bond acceptors (Lipinski definition) is 2. The Labute approximate surface area is 168 Å². The van der Waals surface area contributed by atoms with Crippen LogP contribution in [0.2, 0.25) is 0 Å². The maximum absolute atomic E-state index is 12.8. The number of allylic oxidation sites excluding steroid dienone is 6. The van der Waals surface area contributed by atoms with Crippen molar-refractivity contribution in [3.05, 3.63) is 80.7 Å². The van der Waals surface area contributed by atoms with Gasteiger partial charge in [-0.2, -0.15) is 4.73 Å². The van der Waals surface area contributed by atoms with Gasteiger partial charge < -0.3 is 5.21 Å². The van der Waals surface area contributed by atoms with Crippen LogP contribution in [-0.4, -0.2) is 9.94 Å². The van der Waals surface area contributed by atoms with Crippen LogP contribution in [0, 0.1) is 6.92 Å². The minimum atomic E-state index is 0.0115. The Balaban J connectivity index is 2.04. The van der Waals surface area contributed by atoms with Crippen LogP contribution in [0.3, 0.4) is 0 Å². The molecule has 1 heterocycles. The molecule has 3 nitrogen and oxygen atoms in total. The lowest BCUT2D eigenvalue weighted by Crippen LogP contribution is -2.17. The number of rotatable bonds is 8. The van der Waals surface area contributed by atoms with Crippen molar-refractivity contribution in [2.45, 2.75) is 66.7 Å². The smallest absolute Gasteiger partial charge is 0.193 e. The van der Waals surface area contributed by atoms with Crippen LogP contribution in [0.25, 0.3) is 10.9 Å². The molecule has 0 aliphatic carbocycles. The molecular formula is C25H33NO2. The first-order valence-electron chi connectivity index (χ1n) is 10.1. The summed E-state index contributed by atoms with van der Waals surface area (Å²) in [5, 5.41) is 10.9. The summed E-state index contributed by atoms with van der Waals surface area (Å²) in [4.78, 5) is 12.8. The van der Waals surface area contributed by atoms with Crippen molar-refractivity contribution in [3.8, 4) is 0 Å². The third-order valence-corrected chi connectivity index (χ3v) is 5.18. The molecule has 0 saturated carbocycles. The van der Waals surface area contributed by atoms with Crippen LogP contribution < -0.4 is 5.43 Å². The van der Waals surface area contributed by atoms with Crippen molar-refractivity contribution >= 4 is 10.9 Å². The van der Waals surface area contributed by atoms with Gasteiger partial charge in [0.2, 0.25) is 0 Å². The summed E-state index contributed by atoms with van der Waals surface area (Å²) in [6, 6.07) is 7.19. The molecule has 0 aliphatic rings. The molecule has 1 aromatic carbocycles. The van der Waals surface area contributed by atoms with E-state index in [0.717, 1.165) is 30.4 Å². The summed E-state index contributed by atoms with van der Waals surface area (Å²) in [5.41, 5.74) is 5.92. The van der Waals surface area contributed by atoms with Crippen LogP contribution >= 0.6 is 0 Å². The van der Waals surface area contributed by atoms with Crippen molar-refractivity contribution in [1.82, 2.24) is 4.73 Å². The van der Waals surface area contributed by atoms with Gasteiger partial charge in [-0.05, 0) is 78.9 Å². The molecule has 1 N–H and O–H groups in total. The number of hydrogen-bond donors (Lipinski definition) is 1. The molecule has 2 rings (SSSR count). The first-order chi connectivity index (χ1) is 13.3. The SMILES string of the molecule is CC(C)=CCC/C(C)=C/CC/C(C)=C/Cc1c(C)n(O)c2ccccc2c1=O. The van der Waals surface area contributed by atoms with Crippen LogP contribution in [0.1, 0.15) is 64.6 Å². The third kappa shape index (κ3) is 5.72. The zero-order valence-electron chi connectivity index (χ0n) is 17.9. The molecule has 1 aromatic heterocycles. The number of pyridine rings is 1. The minimum Gasteiger partial charge on any atom is -0.428 e. The highest BCUT2D eigenvalue weighted by Crippen LogP contribution is 2.16. The third-order valence-electron chi connectivity index (χ3n) is 5.18. The number of para-hydroxylation sites is 1. The van der Waals surface area contributed by atoms with Crippen molar-refractivity contribution in [2.75, 3.05) is 0 Å². The summed E-state index contributed by atoms with van der Waals surface area (Å²) in [7, 11) is 0. The van der Waals surface area contributed by atoms with Crippen molar-refractivity contribution in [1.29, 1.82) is 0 Å². The fourth-order valence-corrected chi connectivity index (χ4v) is 3.34. The van der Waals surface area contributed by atoms with Crippen molar-refractivity contribution < 1.29 is 5.21 Å². The van der Waals surface area contributed by atoms with Gasteiger partial charge in [0.05, 0.1) is 11.2 Å². The molecule has 0 radical (unpaired) electrons. The van der Waals surface area contributed by atoms with Gasteiger partial charge in [0.15, 0.2) is 5.43 Å². The number of nitrogens with zero attached hydrogens (tertiary/aromatic N) is 1. The van der Waals surface area contributed by atoms with E-state index in [1.807, 2.05) is 12.1 Å². The first kappa shape index (κ1) is 21.7. The van der Waals surface area contributed by atoms with E-state index in [4.69, 9.17) is 0 Å². The van der Waals surface area contributed by atoms with E-state index < -0.39 is 0 Å². The summed E-state index contributed by atoms with van der Waals surface area (Å²) < 4.78 is 1.13. The summed E-state index contributed by atoms with van der Waals surface area (Å²) in [6.07, 6.45) is 11.5. The Morgan fingerprint density at radius 2 is 1.57 bits per heavy atom. The van der Waals surface area contributed by atoms with E-state index in [9.17, 15) is 10.0 Å². The van der Waals surface area contributed by atoms with E-state index in [2.05, 4.69) is 45.9 Å². The van der Waals surface area contributed by atoms with E-state index in [1.54, 1.807) is 19.1 Å². The van der Waals surface area contributed by atoms with Crippen LogP contribution in [0.4, 0.5) is 0 Å². The second-order valence-electron chi connectivity index (χ2n) is 7.89. The standard InChI is InChI=1S/C25H33NO2/c1-18(2)10-8-11-19(3)12-9-13-20(4)16-17-22-21(5)26(28)24-15-7-6-14-23(24)25(22)27/h6-7,10,12,14-16,28H,8-9,11,13,17H2,1-5H3/b19-12+,20-16+. The fourth-order valence-electron chi connectivity index (χ4n) is 3.34. The van der Waals surface area contributed by atoms with E-state index >= 15 is 0 Å². The molecule has 0 aliphatic heterocycles. The van der Waals surface area contributed by atoms with Gasteiger partial charge in [-0.15, -0.1) is 0 Å². The molecule has 0 fully saturated rings. The molecule has 0 saturated heterocycles. The summed E-state index contributed by atoms with van der Waals surface area (Å²) in [5.74, 6) is 0. The molecule has 3 heteroatoms. The van der Waals surface area contributed by atoms with Crippen molar-refractivity contribution in [2.24, 2.45) is 0 Å². The molecule has 0 bridgehead atoms. The lowest BCUT2D eigenvalue weighted by Gasteiger charge is -2.11. The van der Waals surface area contributed by atoms with Gasteiger partial charge in [-0.25, -0.2) is 0 Å². The highest BCUT2D eigenvalue weighted by Gasteiger charge is 2.12. The Hall–Kier alpha value is -2.55. The maximum atomic E-state index is 12.8. The largest absolute Gasteiger partial charge is 0.428 e. The molecule has 0 amide bonds. The molecule has 28 heavy (non-hydrogen) atoms. The quantitative estimate of drug-likeness (QED) is 0.420. The molecule has 0 unspecified atom stereocenters. The van der Waals surface area contributed by atoms with Gasteiger partial charge in [-0.1, -0.05) is 47.1 Å². The lowest BCUT2D eigenvalue weighted by molar-refractivity contribution is 0.190. The van der Waals surface area contributed by atoms with Gasteiger partial charge in [0.1, 0.15) is 0 Å². The van der Waals surface area contributed by atoms with Gasteiger partial charge in [0.25, 0.3) is 0 Å². The van der Waals surface area contributed by atoms with Gasteiger partial charge in [-0.3, -0.25) is 4.79 Å². The Kier molecular flexibility index (Phi) is 7.86. The van der Waals surface area contributed by atoms with E-state index in [-0.39, 0.29) is 5.43 Å². The van der Waals surface area contributed by atoms with E-state index in [1.165, 1.54) is 16.7 Å². The molecular weight excluding hydrogens is 346 g/mol. The summed E-state index contributed by atoms with van der Waals surface area (Å²) in [6.45, 7) is 10.4. The Morgan fingerprint density at radius 1 is 0.964 bits per heavy atom. The predicted octanol–water partition coefficient (Wildman–Crippen LogP) is 6.51. The van der Waals surface area contributed by atoms with Crippen LogP contribution in [-0.2, 0) is 6.42 Å². The van der Waals surface area contributed by atoms with Gasteiger partial charge >= 0.3 is 0 Å². The second-order valence-corrected chi connectivity index (χ2v) is 7.89. The maximum Gasteiger partial charge on any atom is 0.193 e. The van der Waals surface area contributed by atoms with Crippen LogP contribution in [0.15, 0.2) is 64.0 Å². The molecule has 150 valence electrons. The number of fused-ring (bicyclic) bond motifs is 1. The first-order valence-corrected chi connectivity index (χ1v) is 10.1. The van der Waals surface area contributed by atoms with Gasteiger partial charge in [0, 0.05) is 10.9 Å².